The molecule has 1 heterocycles. The van der Waals surface area contributed by atoms with Crippen LogP contribution in [0.5, 0.6) is 5.75 Å². The lowest BCUT2D eigenvalue weighted by molar-refractivity contribution is -0.146. The van der Waals surface area contributed by atoms with Gasteiger partial charge >= 0.3 is 5.97 Å². The van der Waals surface area contributed by atoms with Gasteiger partial charge in [-0.3, -0.25) is 14.5 Å². The summed E-state index contributed by atoms with van der Waals surface area (Å²) < 4.78 is 10.5. The predicted octanol–water partition coefficient (Wildman–Crippen LogP) is 2.85. The van der Waals surface area contributed by atoms with Crippen LogP contribution in [-0.4, -0.2) is 41.4 Å². The van der Waals surface area contributed by atoms with E-state index < -0.39 is 5.97 Å². The van der Waals surface area contributed by atoms with E-state index in [1.165, 1.54) is 16.7 Å². The highest BCUT2D eigenvalue weighted by atomic mass is 32.2. The zero-order valence-electron chi connectivity index (χ0n) is 12.9. The van der Waals surface area contributed by atoms with Crippen LogP contribution in [0, 0.1) is 0 Å². The molecule has 1 aliphatic rings. The van der Waals surface area contributed by atoms with Gasteiger partial charge in [-0.05, 0) is 30.2 Å². The van der Waals surface area contributed by atoms with Crippen molar-refractivity contribution < 1.29 is 19.1 Å². The first kappa shape index (κ1) is 17.5. The van der Waals surface area contributed by atoms with Crippen LogP contribution in [0.1, 0.15) is 18.9 Å². The van der Waals surface area contributed by atoms with E-state index in [1.54, 1.807) is 13.2 Å². The Bertz CT molecular complexity index is 657. The number of benzene rings is 1. The summed E-state index contributed by atoms with van der Waals surface area (Å²) in [6, 6.07) is 7.35. The minimum Gasteiger partial charge on any atom is -0.497 e. The van der Waals surface area contributed by atoms with Crippen LogP contribution in [0.3, 0.4) is 0 Å². The quantitative estimate of drug-likeness (QED) is 0.446. The zero-order chi connectivity index (χ0) is 16.8. The Labute approximate surface area is 144 Å². The van der Waals surface area contributed by atoms with Gasteiger partial charge < -0.3 is 9.47 Å². The molecule has 0 saturated carbocycles. The molecule has 1 aliphatic heterocycles. The van der Waals surface area contributed by atoms with Gasteiger partial charge in [0.05, 0.1) is 18.6 Å². The zero-order valence-corrected chi connectivity index (χ0v) is 14.5. The summed E-state index contributed by atoms with van der Waals surface area (Å²) in [5, 5.41) is 0. The lowest BCUT2D eigenvalue weighted by Gasteiger charge is -2.13. The lowest BCUT2D eigenvalue weighted by Crippen LogP contribution is -2.34. The number of rotatable bonds is 6. The molecule has 0 unspecified atom stereocenters. The summed E-state index contributed by atoms with van der Waals surface area (Å²) in [4.78, 5) is 25.8. The molecule has 2 rings (SSSR count). The van der Waals surface area contributed by atoms with E-state index in [9.17, 15) is 9.59 Å². The normalized spacial score (nSPS) is 16.1. The second kappa shape index (κ2) is 8.12. The summed E-state index contributed by atoms with van der Waals surface area (Å²) in [6.07, 6.45) is 2.47. The number of thiocarbonyl (C=S) groups is 1. The largest absolute Gasteiger partial charge is 0.497 e. The smallest absolute Gasteiger partial charge is 0.326 e. The number of carbonyl (C=O) groups excluding carboxylic acids is 2. The Balaban J connectivity index is 2.11. The highest BCUT2D eigenvalue weighted by Gasteiger charge is 2.33. The standard InChI is InChI=1S/C16H17NO4S2/c1-3-7-21-14(18)10-17-15(19)13(23-16(17)22)9-11-5-4-6-12(8-11)20-2/h4-6,8-9H,3,7,10H2,1-2H3/b13-9-. The Morgan fingerprint density at radius 2 is 2.22 bits per heavy atom. The van der Waals surface area contributed by atoms with Crippen molar-refractivity contribution in [1.29, 1.82) is 0 Å². The van der Waals surface area contributed by atoms with Crippen molar-refractivity contribution >= 4 is 46.3 Å². The molecule has 1 amide bonds. The first-order valence-corrected chi connectivity index (χ1v) is 8.32. The topological polar surface area (TPSA) is 55.8 Å². The number of amides is 1. The highest BCUT2D eigenvalue weighted by Crippen LogP contribution is 2.32. The first-order valence-electron chi connectivity index (χ1n) is 7.10. The maximum Gasteiger partial charge on any atom is 0.326 e. The summed E-state index contributed by atoms with van der Waals surface area (Å²) in [7, 11) is 1.58. The Kier molecular flexibility index (Phi) is 6.18. The molecule has 0 radical (unpaired) electrons. The maximum atomic E-state index is 12.4. The summed E-state index contributed by atoms with van der Waals surface area (Å²) in [6.45, 7) is 2.09. The molecule has 0 atom stereocenters. The fourth-order valence-corrected chi connectivity index (χ4v) is 3.16. The summed E-state index contributed by atoms with van der Waals surface area (Å²) in [5.41, 5.74) is 0.832. The lowest BCUT2D eigenvalue weighted by atomic mass is 10.2. The molecule has 0 spiro atoms. The summed E-state index contributed by atoms with van der Waals surface area (Å²) in [5.74, 6) is -0.0283. The van der Waals surface area contributed by atoms with Crippen molar-refractivity contribution in [1.82, 2.24) is 4.90 Å². The van der Waals surface area contributed by atoms with Crippen LogP contribution in [0.2, 0.25) is 0 Å². The monoisotopic (exact) mass is 351 g/mol. The fourth-order valence-electron chi connectivity index (χ4n) is 1.91. The van der Waals surface area contributed by atoms with Gasteiger partial charge in [-0.1, -0.05) is 43.0 Å². The second-order valence-corrected chi connectivity index (χ2v) is 6.44. The number of nitrogens with zero attached hydrogens (tertiary/aromatic N) is 1. The van der Waals surface area contributed by atoms with E-state index in [1.807, 2.05) is 31.2 Å². The van der Waals surface area contributed by atoms with Crippen molar-refractivity contribution in [3.63, 3.8) is 0 Å². The number of carbonyl (C=O) groups is 2. The van der Waals surface area contributed by atoms with Crippen LogP contribution in [0.25, 0.3) is 6.08 Å². The van der Waals surface area contributed by atoms with Gasteiger partial charge in [0.25, 0.3) is 5.91 Å². The third-order valence-electron chi connectivity index (χ3n) is 3.02. The van der Waals surface area contributed by atoms with Crippen molar-refractivity contribution in [2.24, 2.45) is 0 Å². The van der Waals surface area contributed by atoms with Crippen LogP contribution in [0.4, 0.5) is 0 Å². The molecular formula is C16H17NO4S2. The van der Waals surface area contributed by atoms with Gasteiger partial charge in [0.15, 0.2) is 0 Å². The molecule has 0 N–H and O–H groups in total. The molecule has 0 aromatic heterocycles. The number of esters is 1. The highest BCUT2D eigenvalue weighted by molar-refractivity contribution is 8.26. The number of methoxy groups -OCH3 is 1. The average Bonchev–Trinajstić information content (AvgIpc) is 2.80. The molecule has 1 aromatic rings. The van der Waals surface area contributed by atoms with E-state index in [0.29, 0.717) is 21.6 Å². The van der Waals surface area contributed by atoms with Crippen molar-refractivity contribution in [2.75, 3.05) is 20.3 Å². The van der Waals surface area contributed by atoms with Crippen molar-refractivity contribution in [3.8, 4) is 5.75 Å². The molecule has 0 bridgehead atoms. The first-order chi connectivity index (χ1) is 11.0. The van der Waals surface area contributed by atoms with Gasteiger partial charge in [0.2, 0.25) is 0 Å². The van der Waals surface area contributed by atoms with Gasteiger partial charge in [-0.15, -0.1) is 0 Å². The molecular weight excluding hydrogens is 334 g/mol. The van der Waals surface area contributed by atoms with E-state index >= 15 is 0 Å². The third kappa shape index (κ3) is 4.56. The van der Waals surface area contributed by atoms with Crippen molar-refractivity contribution in [2.45, 2.75) is 13.3 Å². The number of hydrogen-bond acceptors (Lipinski definition) is 6. The fraction of sp³-hybridized carbons (Fsp3) is 0.312. The molecule has 1 fully saturated rings. The number of ether oxygens (including phenoxy) is 2. The van der Waals surface area contributed by atoms with Gasteiger partial charge in [-0.25, -0.2) is 0 Å². The minimum atomic E-state index is -0.453. The van der Waals surface area contributed by atoms with Crippen LogP contribution in [0.15, 0.2) is 29.2 Å². The number of thioether (sulfide) groups is 1. The van der Waals surface area contributed by atoms with E-state index in [-0.39, 0.29) is 12.5 Å². The molecule has 0 aliphatic carbocycles. The molecule has 1 aromatic carbocycles. The average molecular weight is 351 g/mol. The van der Waals surface area contributed by atoms with E-state index in [0.717, 1.165) is 12.0 Å². The van der Waals surface area contributed by atoms with Crippen LogP contribution < -0.4 is 4.74 Å². The Hall–Kier alpha value is -1.86. The van der Waals surface area contributed by atoms with E-state index in [2.05, 4.69) is 0 Å². The van der Waals surface area contributed by atoms with Crippen LogP contribution in [-0.2, 0) is 14.3 Å². The molecule has 7 heteroatoms. The molecule has 5 nitrogen and oxygen atoms in total. The Morgan fingerprint density at radius 1 is 1.43 bits per heavy atom. The molecule has 1 saturated heterocycles. The minimum absolute atomic E-state index is 0.153. The number of hydrogen-bond donors (Lipinski definition) is 0. The van der Waals surface area contributed by atoms with Gasteiger partial charge in [0.1, 0.15) is 16.6 Å². The maximum absolute atomic E-state index is 12.4. The molecule has 122 valence electrons. The van der Waals surface area contributed by atoms with E-state index in [4.69, 9.17) is 21.7 Å². The van der Waals surface area contributed by atoms with Crippen molar-refractivity contribution in [3.05, 3.63) is 34.7 Å². The third-order valence-corrected chi connectivity index (χ3v) is 4.40. The second-order valence-electron chi connectivity index (χ2n) is 4.76. The van der Waals surface area contributed by atoms with Gasteiger partial charge in [-0.2, -0.15) is 0 Å². The predicted molar refractivity (Wildman–Crippen MR) is 94.1 cm³/mol. The molecule has 23 heavy (non-hydrogen) atoms. The SMILES string of the molecule is CCCOC(=O)CN1C(=O)/C(=C/c2cccc(OC)c2)SC1=S. The Morgan fingerprint density at radius 3 is 2.91 bits per heavy atom. The van der Waals surface area contributed by atoms with Gasteiger partial charge in [0, 0.05) is 0 Å². The summed E-state index contributed by atoms with van der Waals surface area (Å²) >= 11 is 6.36. The van der Waals surface area contributed by atoms with Crippen LogP contribution >= 0.6 is 24.0 Å².